The Balaban J connectivity index is -0.000000720. The summed E-state index contributed by atoms with van der Waals surface area (Å²) in [6.07, 6.45) is -2.72. The van der Waals surface area contributed by atoms with Crippen molar-refractivity contribution in [3.63, 3.8) is 0 Å². The summed E-state index contributed by atoms with van der Waals surface area (Å²) in [5, 5.41) is 38.9. The van der Waals surface area contributed by atoms with Crippen LogP contribution in [0.4, 0.5) is 0 Å². The number of hydrogen-bond acceptors (Lipinski definition) is 7. The van der Waals surface area contributed by atoms with Crippen molar-refractivity contribution in [2.45, 2.75) is 18.4 Å². The van der Waals surface area contributed by atoms with Crippen molar-refractivity contribution in [1.29, 1.82) is 0 Å². The van der Waals surface area contributed by atoms with Gasteiger partial charge in [0, 0.05) is 24.8 Å². The van der Waals surface area contributed by atoms with Crippen molar-refractivity contribution in [3.05, 3.63) is 0 Å². The van der Waals surface area contributed by atoms with E-state index in [9.17, 15) is 29.7 Å². The summed E-state index contributed by atoms with van der Waals surface area (Å²) < 4.78 is 0. The molecular formula is C6H5NaO7Th+2. The molecule has 0 unspecified atom stereocenters. The summed E-state index contributed by atoms with van der Waals surface area (Å²) in [6, 6.07) is 0. The van der Waals surface area contributed by atoms with E-state index in [1.165, 1.54) is 0 Å². The van der Waals surface area contributed by atoms with E-state index >= 15 is 0 Å². The van der Waals surface area contributed by atoms with Gasteiger partial charge in [-0.15, -0.1) is 0 Å². The molecular weight excluding hydrogens is 439 g/mol. The Morgan fingerprint density at radius 3 is 1.40 bits per heavy atom. The van der Waals surface area contributed by atoms with E-state index in [1.54, 1.807) is 0 Å². The maximum absolute atomic E-state index is 10.1. The average Bonchev–Trinajstić information content (AvgIpc) is 1.82. The number of hydrogen-bond donors (Lipinski definition) is 1. The van der Waals surface area contributed by atoms with Crippen molar-refractivity contribution in [1.82, 2.24) is 0 Å². The van der Waals surface area contributed by atoms with Gasteiger partial charge in [-0.3, -0.25) is 0 Å². The van der Waals surface area contributed by atoms with Gasteiger partial charge in [-0.1, -0.05) is 0 Å². The van der Waals surface area contributed by atoms with Crippen LogP contribution in [0.25, 0.3) is 0 Å². The molecule has 0 spiro atoms. The van der Waals surface area contributed by atoms with E-state index in [2.05, 4.69) is 0 Å². The molecule has 0 aliphatic rings. The zero-order valence-electron chi connectivity index (χ0n) is 7.81. The minimum Gasteiger partial charge on any atom is -0.550 e. The van der Waals surface area contributed by atoms with Gasteiger partial charge in [-0.2, -0.15) is 0 Å². The maximum atomic E-state index is 10.1. The molecule has 9 heteroatoms. The molecule has 0 heterocycles. The van der Waals surface area contributed by atoms with Crippen molar-refractivity contribution in [3.8, 4) is 0 Å². The van der Waals surface area contributed by atoms with E-state index in [1.807, 2.05) is 0 Å². The number of aliphatic hydroxyl groups is 1. The van der Waals surface area contributed by atoms with Gasteiger partial charge in [0.1, 0.15) is 5.60 Å². The Morgan fingerprint density at radius 2 is 1.27 bits per heavy atom. The first-order valence-corrected chi connectivity index (χ1v) is 3.11. The van der Waals surface area contributed by atoms with Crippen molar-refractivity contribution < 1.29 is 104 Å². The summed E-state index contributed by atoms with van der Waals surface area (Å²) in [7, 11) is 0. The molecule has 0 aromatic rings. The van der Waals surface area contributed by atoms with Gasteiger partial charge in [-0.05, 0) is 0 Å². The summed E-state index contributed by atoms with van der Waals surface area (Å²) in [5.41, 5.74) is -2.97. The molecule has 0 rings (SSSR count). The average molecular weight is 444 g/mol. The first-order valence-electron chi connectivity index (χ1n) is 3.11. The number of carbonyl (C=O) groups is 3. The molecule has 74 valence electrons. The van der Waals surface area contributed by atoms with Crippen LogP contribution in [0.5, 0.6) is 0 Å². The largest absolute Gasteiger partial charge is 4.00 e. The second-order valence-corrected chi connectivity index (χ2v) is 2.42. The third-order valence-electron chi connectivity index (χ3n) is 1.25. The molecule has 0 atom stereocenters. The third-order valence-corrected chi connectivity index (χ3v) is 1.25. The predicted octanol–water partition coefficient (Wildman–Crippen LogP) is -8.25. The van der Waals surface area contributed by atoms with Gasteiger partial charge in [-0.25, -0.2) is 0 Å². The molecule has 0 aliphatic carbocycles. The van der Waals surface area contributed by atoms with Crippen LogP contribution in [-0.4, -0.2) is 28.6 Å². The van der Waals surface area contributed by atoms with Crippen LogP contribution in [0, 0.1) is 39.9 Å². The number of carbonyl (C=O) groups excluding carboxylic acids is 3. The maximum Gasteiger partial charge on any atom is 4.00 e. The normalized spacial score (nSPS) is 9.40. The molecule has 0 aromatic carbocycles. The SMILES string of the molecule is O=C([O-])CC(O)(CC(=O)[O-])C(=O)[O-].[Na+].[Th+4]. The smallest absolute Gasteiger partial charge is 0.550 e. The molecule has 0 aromatic heterocycles. The topological polar surface area (TPSA) is 141 Å². The van der Waals surface area contributed by atoms with Crippen LogP contribution < -0.4 is 44.9 Å². The second kappa shape index (κ2) is 8.80. The van der Waals surface area contributed by atoms with Crippen LogP contribution in [0.3, 0.4) is 0 Å². The minimum atomic E-state index is -2.97. The van der Waals surface area contributed by atoms with Gasteiger partial charge >= 0.3 is 69.5 Å². The summed E-state index contributed by atoms with van der Waals surface area (Å²) in [5.74, 6) is -5.98. The molecule has 0 radical (unpaired) electrons. The third kappa shape index (κ3) is 8.50. The van der Waals surface area contributed by atoms with Gasteiger partial charge in [0.15, 0.2) is 0 Å². The molecule has 1 N–H and O–H groups in total. The molecule has 0 saturated carbocycles. The van der Waals surface area contributed by atoms with Gasteiger partial charge in [0.05, 0.1) is 5.97 Å². The van der Waals surface area contributed by atoms with Gasteiger partial charge in [0.25, 0.3) is 0 Å². The number of carboxylic acid groups (broad SMARTS) is 3. The van der Waals surface area contributed by atoms with E-state index in [0.29, 0.717) is 0 Å². The quantitative estimate of drug-likeness (QED) is 0.416. The van der Waals surface area contributed by atoms with Gasteiger partial charge in [0.2, 0.25) is 0 Å². The van der Waals surface area contributed by atoms with E-state index in [0.717, 1.165) is 0 Å². The molecule has 0 bridgehead atoms. The zero-order valence-corrected chi connectivity index (χ0v) is 13.9. The van der Waals surface area contributed by atoms with E-state index in [4.69, 9.17) is 5.11 Å². The Hall–Kier alpha value is 0.695. The van der Waals surface area contributed by atoms with Crippen LogP contribution in [0.15, 0.2) is 0 Å². The van der Waals surface area contributed by atoms with Crippen molar-refractivity contribution in [2.75, 3.05) is 0 Å². The standard InChI is InChI=1S/C6H8O7.Na.Th/c7-3(8)1-6(13,5(11)12)2-4(9)10;;/h13H,1-2H2,(H,7,8)(H,9,10)(H,11,12);;/q;+1;+4/p-3. The molecule has 7 nitrogen and oxygen atoms in total. The fourth-order valence-electron chi connectivity index (χ4n) is 0.684. The first kappa shape index (κ1) is 21.0. The number of carboxylic acids is 3. The Bertz CT molecular complexity index is 238. The predicted molar refractivity (Wildman–Crippen MR) is 29.2 cm³/mol. The van der Waals surface area contributed by atoms with Gasteiger partial charge < -0.3 is 34.8 Å². The Kier molecular flexibility index (Phi) is 12.3. The monoisotopic (exact) mass is 444 g/mol. The fourth-order valence-corrected chi connectivity index (χ4v) is 0.684. The van der Waals surface area contributed by atoms with E-state index in [-0.39, 0.29) is 69.5 Å². The van der Waals surface area contributed by atoms with E-state index < -0.39 is 36.4 Å². The fraction of sp³-hybridized carbons (Fsp3) is 0.500. The summed E-state index contributed by atoms with van der Waals surface area (Å²) in [6.45, 7) is 0. The van der Waals surface area contributed by atoms with Crippen molar-refractivity contribution >= 4 is 17.9 Å². The van der Waals surface area contributed by atoms with Crippen LogP contribution in [0.2, 0.25) is 0 Å². The van der Waals surface area contributed by atoms with Crippen LogP contribution >= 0.6 is 0 Å². The molecule has 15 heavy (non-hydrogen) atoms. The summed E-state index contributed by atoms with van der Waals surface area (Å²) >= 11 is 0. The number of rotatable bonds is 5. The molecule has 0 fully saturated rings. The molecule has 0 amide bonds. The summed E-state index contributed by atoms with van der Waals surface area (Å²) in [4.78, 5) is 30.0. The second-order valence-electron chi connectivity index (χ2n) is 2.42. The molecule has 0 saturated heterocycles. The minimum absolute atomic E-state index is 0. The molecule has 0 aliphatic heterocycles. The zero-order chi connectivity index (χ0) is 10.6. The number of aliphatic carboxylic acids is 3. The van der Waals surface area contributed by atoms with Crippen LogP contribution in [-0.2, 0) is 14.4 Å². The Morgan fingerprint density at radius 1 is 1.00 bits per heavy atom. The Labute approximate surface area is 139 Å². The van der Waals surface area contributed by atoms with Crippen molar-refractivity contribution in [2.24, 2.45) is 0 Å². The first-order chi connectivity index (χ1) is 5.78. The van der Waals surface area contributed by atoms with Crippen LogP contribution in [0.1, 0.15) is 12.8 Å².